The number of rotatable bonds is 5. The highest BCUT2D eigenvalue weighted by atomic mass is 32.1. The quantitative estimate of drug-likeness (QED) is 0.883. The second-order valence-electron chi connectivity index (χ2n) is 4.10. The lowest BCUT2D eigenvalue weighted by Crippen LogP contribution is -2.11. The van der Waals surface area contributed by atoms with Gasteiger partial charge in [-0.2, -0.15) is 0 Å². The van der Waals surface area contributed by atoms with Gasteiger partial charge in [-0.3, -0.25) is 4.98 Å². The SMILES string of the molecule is Cc1csc(CC(O)CCc2ccccn2)n1. The molecule has 0 bridgehead atoms. The molecule has 0 fully saturated rings. The van der Waals surface area contributed by atoms with Crippen LogP contribution >= 0.6 is 11.3 Å². The number of hydrogen-bond acceptors (Lipinski definition) is 4. The summed E-state index contributed by atoms with van der Waals surface area (Å²) in [6.07, 6.45) is 3.64. The fourth-order valence-electron chi connectivity index (χ4n) is 1.66. The van der Waals surface area contributed by atoms with E-state index in [2.05, 4.69) is 9.97 Å². The third kappa shape index (κ3) is 3.91. The summed E-state index contributed by atoms with van der Waals surface area (Å²) in [6.45, 7) is 1.97. The Morgan fingerprint density at radius 1 is 1.41 bits per heavy atom. The predicted octanol–water partition coefficient (Wildman–Crippen LogP) is 2.38. The minimum absolute atomic E-state index is 0.331. The van der Waals surface area contributed by atoms with Crippen LogP contribution in [0.5, 0.6) is 0 Å². The van der Waals surface area contributed by atoms with Gasteiger partial charge in [0.05, 0.1) is 11.1 Å². The molecule has 0 saturated carbocycles. The Labute approximate surface area is 105 Å². The van der Waals surface area contributed by atoms with Crippen LogP contribution in [0.2, 0.25) is 0 Å². The van der Waals surface area contributed by atoms with Gasteiger partial charge in [-0.1, -0.05) is 6.07 Å². The van der Waals surface area contributed by atoms with Gasteiger partial charge in [-0.15, -0.1) is 11.3 Å². The van der Waals surface area contributed by atoms with Gasteiger partial charge in [-0.25, -0.2) is 4.98 Å². The maximum absolute atomic E-state index is 9.91. The smallest absolute Gasteiger partial charge is 0.0953 e. The summed E-state index contributed by atoms with van der Waals surface area (Å²) >= 11 is 1.61. The maximum atomic E-state index is 9.91. The largest absolute Gasteiger partial charge is 0.393 e. The minimum Gasteiger partial charge on any atom is -0.393 e. The summed E-state index contributed by atoms with van der Waals surface area (Å²) in [6, 6.07) is 5.86. The Morgan fingerprint density at radius 2 is 2.29 bits per heavy atom. The van der Waals surface area contributed by atoms with Crippen molar-refractivity contribution in [2.24, 2.45) is 0 Å². The molecule has 1 atom stereocenters. The van der Waals surface area contributed by atoms with E-state index in [1.54, 1.807) is 17.5 Å². The molecule has 2 rings (SSSR count). The number of aliphatic hydroxyl groups is 1. The molecule has 0 amide bonds. The highest BCUT2D eigenvalue weighted by Crippen LogP contribution is 2.13. The van der Waals surface area contributed by atoms with E-state index in [1.807, 2.05) is 30.5 Å². The first-order chi connectivity index (χ1) is 8.24. The Kier molecular flexibility index (Phi) is 4.23. The van der Waals surface area contributed by atoms with Gasteiger partial charge in [0.1, 0.15) is 0 Å². The van der Waals surface area contributed by atoms with Crippen LogP contribution in [0.25, 0.3) is 0 Å². The second-order valence-corrected chi connectivity index (χ2v) is 5.04. The Hall–Kier alpha value is -1.26. The van der Waals surface area contributed by atoms with Crippen LogP contribution in [0, 0.1) is 6.92 Å². The number of thiazole rings is 1. The van der Waals surface area contributed by atoms with E-state index < -0.39 is 0 Å². The summed E-state index contributed by atoms with van der Waals surface area (Å²) in [5.41, 5.74) is 2.06. The van der Waals surface area contributed by atoms with E-state index in [9.17, 15) is 5.11 Å². The number of pyridine rings is 1. The van der Waals surface area contributed by atoms with Gasteiger partial charge < -0.3 is 5.11 Å². The molecule has 2 aromatic heterocycles. The molecule has 17 heavy (non-hydrogen) atoms. The standard InChI is InChI=1S/C13H16N2OS/c1-10-9-17-13(15-10)8-12(16)6-5-11-4-2-3-7-14-11/h2-4,7,9,12,16H,5-6,8H2,1H3. The third-order valence-electron chi connectivity index (χ3n) is 2.54. The van der Waals surface area contributed by atoms with Crippen LogP contribution in [0.4, 0.5) is 0 Å². The molecule has 0 radical (unpaired) electrons. The molecular formula is C13H16N2OS. The molecule has 3 nitrogen and oxygen atoms in total. The third-order valence-corrected chi connectivity index (χ3v) is 3.53. The summed E-state index contributed by atoms with van der Waals surface area (Å²) in [5.74, 6) is 0. The first-order valence-corrected chi connectivity index (χ1v) is 6.61. The number of nitrogens with zero attached hydrogens (tertiary/aromatic N) is 2. The zero-order valence-electron chi connectivity index (χ0n) is 9.84. The highest BCUT2D eigenvalue weighted by molar-refractivity contribution is 7.09. The fourth-order valence-corrected chi connectivity index (χ4v) is 2.51. The Balaban J connectivity index is 1.80. The topological polar surface area (TPSA) is 46.0 Å². The van der Waals surface area contributed by atoms with Crippen LogP contribution in [0.1, 0.15) is 22.8 Å². The molecule has 1 unspecified atom stereocenters. The Morgan fingerprint density at radius 3 is 2.94 bits per heavy atom. The molecule has 2 aromatic rings. The summed E-state index contributed by atoms with van der Waals surface area (Å²) in [4.78, 5) is 8.59. The fraction of sp³-hybridized carbons (Fsp3) is 0.385. The van der Waals surface area contributed by atoms with Crippen molar-refractivity contribution in [3.05, 3.63) is 46.2 Å². The van der Waals surface area contributed by atoms with Gasteiger partial charge in [0.15, 0.2) is 0 Å². The summed E-state index contributed by atoms with van der Waals surface area (Å²) in [7, 11) is 0. The molecule has 4 heteroatoms. The van der Waals surface area contributed by atoms with Crippen LogP contribution in [-0.4, -0.2) is 21.2 Å². The summed E-state index contributed by atoms with van der Waals surface area (Å²) < 4.78 is 0. The molecule has 1 N–H and O–H groups in total. The highest BCUT2D eigenvalue weighted by Gasteiger charge is 2.08. The van der Waals surface area contributed by atoms with Gasteiger partial charge in [0.25, 0.3) is 0 Å². The van der Waals surface area contributed by atoms with Crippen molar-refractivity contribution in [2.75, 3.05) is 0 Å². The zero-order valence-corrected chi connectivity index (χ0v) is 10.7. The molecule has 0 spiro atoms. The van der Waals surface area contributed by atoms with E-state index in [4.69, 9.17) is 0 Å². The lowest BCUT2D eigenvalue weighted by molar-refractivity contribution is 0.164. The van der Waals surface area contributed by atoms with Crippen molar-refractivity contribution in [3.63, 3.8) is 0 Å². The molecule has 0 aliphatic heterocycles. The van der Waals surface area contributed by atoms with E-state index in [1.165, 1.54) is 0 Å². The lowest BCUT2D eigenvalue weighted by atomic mass is 10.1. The van der Waals surface area contributed by atoms with Crippen molar-refractivity contribution in [1.29, 1.82) is 0 Å². The zero-order chi connectivity index (χ0) is 12.1. The van der Waals surface area contributed by atoms with Crippen molar-refractivity contribution in [1.82, 2.24) is 9.97 Å². The number of aryl methyl sites for hydroxylation is 2. The number of aliphatic hydroxyl groups excluding tert-OH is 1. The van der Waals surface area contributed by atoms with Crippen molar-refractivity contribution in [3.8, 4) is 0 Å². The van der Waals surface area contributed by atoms with Gasteiger partial charge in [-0.05, 0) is 31.9 Å². The molecule has 0 aliphatic rings. The van der Waals surface area contributed by atoms with E-state index >= 15 is 0 Å². The molecule has 90 valence electrons. The minimum atomic E-state index is -0.331. The van der Waals surface area contributed by atoms with Crippen LogP contribution < -0.4 is 0 Å². The predicted molar refractivity (Wildman–Crippen MR) is 69.1 cm³/mol. The molecule has 0 aromatic carbocycles. The normalized spacial score (nSPS) is 12.6. The first-order valence-electron chi connectivity index (χ1n) is 5.73. The van der Waals surface area contributed by atoms with Crippen molar-refractivity contribution in [2.45, 2.75) is 32.3 Å². The van der Waals surface area contributed by atoms with Crippen molar-refractivity contribution >= 4 is 11.3 Å². The monoisotopic (exact) mass is 248 g/mol. The lowest BCUT2D eigenvalue weighted by Gasteiger charge is -2.07. The number of aromatic nitrogens is 2. The van der Waals surface area contributed by atoms with Crippen LogP contribution in [-0.2, 0) is 12.8 Å². The molecule has 0 aliphatic carbocycles. The second kappa shape index (κ2) is 5.89. The van der Waals surface area contributed by atoms with Gasteiger partial charge in [0.2, 0.25) is 0 Å². The molecule has 2 heterocycles. The van der Waals surface area contributed by atoms with E-state index in [0.29, 0.717) is 6.42 Å². The molecular weight excluding hydrogens is 232 g/mol. The average Bonchev–Trinajstić information content (AvgIpc) is 2.73. The van der Waals surface area contributed by atoms with Crippen molar-refractivity contribution < 1.29 is 5.11 Å². The van der Waals surface area contributed by atoms with E-state index in [0.717, 1.165) is 29.2 Å². The first kappa shape index (κ1) is 12.2. The van der Waals surface area contributed by atoms with Crippen LogP contribution in [0.15, 0.2) is 29.8 Å². The van der Waals surface area contributed by atoms with E-state index in [-0.39, 0.29) is 6.10 Å². The van der Waals surface area contributed by atoms with Crippen LogP contribution in [0.3, 0.4) is 0 Å². The summed E-state index contributed by atoms with van der Waals surface area (Å²) in [5, 5.41) is 12.9. The average molecular weight is 248 g/mol. The van der Waals surface area contributed by atoms with Gasteiger partial charge in [0, 0.05) is 29.4 Å². The number of hydrogen-bond donors (Lipinski definition) is 1. The maximum Gasteiger partial charge on any atom is 0.0953 e. The van der Waals surface area contributed by atoms with Gasteiger partial charge >= 0.3 is 0 Å². The molecule has 0 saturated heterocycles. The Bertz CT molecular complexity index is 455.